The minimum absolute atomic E-state index is 0. The number of nitrogens with zero attached hydrogens (tertiary/aromatic N) is 4. The molecule has 1 fully saturated rings. The first kappa shape index (κ1) is 33.0. The number of benzene rings is 1. The minimum atomic E-state index is -1.70. The molecule has 3 N–H and O–H groups in total. The molecule has 0 saturated carbocycles. The number of carboxylic acid groups (broad SMARTS) is 2. The molecule has 2 aromatic rings. The van der Waals surface area contributed by atoms with Crippen LogP contribution in [0.1, 0.15) is 18.1 Å². The minimum Gasteiger partial charge on any atom is -0.550 e. The number of tetrazole rings is 1. The summed E-state index contributed by atoms with van der Waals surface area (Å²) in [5.41, 5.74) is -0.304. The number of H-pyrrole nitrogens is 1. The first-order valence-corrected chi connectivity index (χ1v) is 11.8. The molecule has 1 aromatic heterocycles. The average molecular weight is 601 g/mol. The number of nitrogens with one attached hydrogen (secondary N) is 2. The van der Waals surface area contributed by atoms with Gasteiger partial charge in [0.05, 0.1) is 11.7 Å². The number of aliphatic carboxylic acids is 2. The van der Waals surface area contributed by atoms with Crippen LogP contribution in [0.5, 0.6) is 0 Å². The summed E-state index contributed by atoms with van der Waals surface area (Å²) < 4.78 is 13.1. The number of aliphatic hydroxyl groups excluding tert-OH is 1. The van der Waals surface area contributed by atoms with E-state index in [0.717, 1.165) is 40.6 Å². The van der Waals surface area contributed by atoms with Gasteiger partial charge in [-0.2, -0.15) is 0 Å². The topological polar surface area (TPSA) is 204 Å². The second kappa shape index (κ2) is 14.4. The third-order valence-corrected chi connectivity index (χ3v) is 7.68. The molecule has 184 valence electrons. The van der Waals surface area contributed by atoms with Crippen molar-refractivity contribution in [2.75, 3.05) is 5.75 Å². The quantitative estimate of drug-likeness (QED) is 0.139. The van der Waals surface area contributed by atoms with Gasteiger partial charge in [0, 0.05) is 23.4 Å². The van der Waals surface area contributed by atoms with Gasteiger partial charge in [-0.05, 0) is 33.7 Å². The van der Waals surface area contributed by atoms with Gasteiger partial charge in [-0.3, -0.25) is 14.5 Å². The van der Waals surface area contributed by atoms with Crippen molar-refractivity contribution in [3.63, 3.8) is 0 Å². The first-order chi connectivity index (χ1) is 16.7. The second-order valence-corrected chi connectivity index (χ2v) is 9.70. The number of β-lactam (4-membered cyclic amide) rings is 1. The third kappa shape index (κ3) is 7.50. The molecule has 3 heterocycles. The number of hydrogen-bond acceptors (Lipinski definition) is 12. The number of hydrogen-bond donors (Lipinski definition) is 3. The Morgan fingerprint density at radius 2 is 1.95 bits per heavy atom. The Hall–Kier alpha value is -0.227. The molecule has 2 aliphatic rings. The smallest absolute Gasteiger partial charge is 0.550 e. The van der Waals surface area contributed by atoms with Gasteiger partial charge < -0.3 is 30.2 Å². The van der Waals surface area contributed by atoms with Crippen molar-refractivity contribution in [1.82, 2.24) is 30.8 Å². The number of rotatable bonds is 9. The molecule has 0 radical (unpaired) electrons. The van der Waals surface area contributed by atoms with E-state index in [9.17, 15) is 38.9 Å². The van der Waals surface area contributed by atoms with Crippen LogP contribution in [0.15, 0.2) is 40.7 Å². The summed E-state index contributed by atoms with van der Waals surface area (Å²) in [6.45, 7) is 0. The van der Waals surface area contributed by atoms with Gasteiger partial charge in [-0.25, -0.2) is 9.49 Å². The number of amides is 2. The molecule has 0 aliphatic carbocycles. The summed E-state index contributed by atoms with van der Waals surface area (Å²) >= 11 is 1.95. The number of fused-ring (bicyclic) bond motifs is 1. The van der Waals surface area contributed by atoms with Gasteiger partial charge in [0.1, 0.15) is 17.2 Å². The molecule has 13 nitrogen and oxygen atoms in total. The van der Waals surface area contributed by atoms with Crippen LogP contribution >= 0.6 is 23.5 Å². The Balaban J connectivity index is 0.00000241. The zero-order valence-electron chi connectivity index (χ0n) is 19.4. The molecule has 4 atom stereocenters. The van der Waals surface area contributed by atoms with Crippen molar-refractivity contribution in [2.45, 2.75) is 34.3 Å². The molecular weight excluding hydrogens is 586 g/mol. The van der Waals surface area contributed by atoms with Gasteiger partial charge in [0.2, 0.25) is 5.16 Å². The number of thioether (sulfide) groups is 2. The van der Waals surface area contributed by atoms with Crippen LogP contribution in [0.25, 0.3) is 0 Å². The fraction of sp³-hybridized carbons (Fsp3) is 0.316. The molecule has 0 bridgehead atoms. The van der Waals surface area contributed by atoms with Crippen molar-refractivity contribution in [3.05, 3.63) is 46.9 Å². The number of carbonyl (C=O) groups is 4. The summed E-state index contributed by atoms with van der Waals surface area (Å²) in [6.07, 6.45) is -2.27. The van der Waals surface area contributed by atoms with E-state index in [2.05, 4.69) is 25.9 Å². The molecule has 2 aliphatic heterocycles. The van der Waals surface area contributed by atoms with E-state index in [1.807, 2.05) is 0 Å². The molecule has 2 amide bonds. The summed E-state index contributed by atoms with van der Waals surface area (Å²) in [6, 6.07) is 3.41. The molecule has 18 heteroatoms. The van der Waals surface area contributed by atoms with Crippen LogP contribution in [0.4, 0.5) is 4.39 Å². The van der Waals surface area contributed by atoms with E-state index in [1.54, 1.807) is 0 Å². The maximum atomic E-state index is 13.1. The van der Waals surface area contributed by atoms with E-state index in [4.69, 9.17) is 0 Å². The van der Waals surface area contributed by atoms with Crippen LogP contribution in [-0.2, 0) is 19.2 Å². The Morgan fingerprint density at radius 1 is 1.27 bits per heavy atom. The normalized spacial score (nSPS) is 19.9. The summed E-state index contributed by atoms with van der Waals surface area (Å²) in [4.78, 5) is 49.5. The van der Waals surface area contributed by atoms with Gasteiger partial charge in [-0.1, -0.05) is 23.9 Å². The first-order valence-electron chi connectivity index (χ1n) is 9.90. The van der Waals surface area contributed by atoms with E-state index >= 15 is 0 Å². The molecule has 37 heavy (non-hydrogen) atoms. The van der Waals surface area contributed by atoms with E-state index in [1.165, 1.54) is 12.1 Å². The SMILES string of the molecule is O=C([O-])CC(Sc1nnn[nH]1)C1=C(C(=O)[O-])N2C(=O)C(NC(=O)C(O)c3ccc(F)cc3)[C@@H]2SC1.[K+].[K+]. The van der Waals surface area contributed by atoms with E-state index in [0.29, 0.717) is 0 Å². The summed E-state index contributed by atoms with van der Waals surface area (Å²) in [7, 11) is 0. The standard InChI is InChI=1S/C19H17FN6O7S2.2K/c20-8-3-1-7(2-4-8)14(29)15(30)21-12-16(31)26-13(18(32)33)9(6-34-17(12)26)10(5-11(27)28)35-19-22-24-25-23-19;;/h1-4,10,12,14,17,29H,5-6H2,(H,21,30)(H,27,28)(H,32,33)(H,22,23,24,25);;/q;2*+1/p-2/t10?,12?,14?,17-;;/m0../s1. The summed E-state index contributed by atoms with van der Waals surface area (Å²) in [5.74, 6) is -5.43. The molecule has 0 spiro atoms. The number of halogens is 1. The molecule has 1 aromatic carbocycles. The van der Waals surface area contributed by atoms with E-state index in [-0.39, 0.29) is 125 Å². The van der Waals surface area contributed by atoms with Crippen molar-refractivity contribution in [3.8, 4) is 0 Å². The fourth-order valence-corrected chi connectivity index (χ4v) is 6.16. The van der Waals surface area contributed by atoms with Crippen molar-refractivity contribution in [2.24, 2.45) is 0 Å². The molecule has 3 unspecified atom stereocenters. The Labute approximate surface area is 302 Å². The van der Waals surface area contributed by atoms with Crippen LogP contribution in [-0.4, -0.2) is 76.8 Å². The van der Waals surface area contributed by atoms with Gasteiger partial charge in [-0.15, -0.1) is 16.9 Å². The van der Waals surface area contributed by atoms with Crippen molar-refractivity contribution < 1.29 is 142 Å². The molecule has 4 rings (SSSR count). The predicted molar refractivity (Wildman–Crippen MR) is 112 cm³/mol. The Morgan fingerprint density at radius 3 is 2.51 bits per heavy atom. The van der Waals surface area contributed by atoms with Crippen molar-refractivity contribution >= 4 is 47.3 Å². The summed E-state index contributed by atoms with van der Waals surface area (Å²) in [5, 5.41) is 47.1. The Bertz CT molecular complexity index is 1200. The zero-order chi connectivity index (χ0) is 25.3. The van der Waals surface area contributed by atoms with Gasteiger partial charge >= 0.3 is 103 Å². The zero-order valence-corrected chi connectivity index (χ0v) is 27.3. The number of carboxylic acids is 2. The van der Waals surface area contributed by atoms with Crippen LogP contribution in [0.2, 0.25) is 0 Å². The van der Waals surface area contributed by atoms with Crippen molar-refractivity contribution in [1.29, 1.82) is 0 Å². The maximum Gasteiger partial charge on any atom is 1.00 e. The number of aromatic amines is 1. The predicted octanol–water partition coefficient (Wildman–Crippen LogP) is -8.92. The fourth-order valence-electron chi connectivity index (χ4n) is 3.63. The molecule has 1 saturated heterocycles. The van der Waals surface area contributed by atoms with Gasteiger partial charge in [0.15, 0.2) is 6.10 Å². The number of carbonyl (C=O) groups excluding carboxylic acids is 4. The second-order valence-electron chi connectivity index (χ2n) is 7.40. The Kier molecular flexibility index (Phi) is 12.9. The van der Waals surface area contributed by atoms with Crippen LogP contribution in [0, 0.1) is 5.82 Å². The largest absolute Gasteiger partial charge is 1.00 e. The number of aliphatic hydroxyl groups is 1. The average Bonchev–Trinajstić information content (AvgIpc) is 3.33. The molecular formula is C19H15FK2N6O7S2. The van der Waals surface area contributed by atoms with E-state index < -0.39 is 64.5 Å². The van der Waals surface area contributed by atoms with Crippen LogP contribution < -0.4 is 118 Å². The van der Waals surface area contributed by atoms with Gasteiger partial charge in [0.25, 0.3) is 11.8 Å². The third-order valence-electron chi connectivity index (χ3n) is 5.24. The monoisotopic (exact) mass is 600 g/mol. The maximum absolute atomic E-state index is 13.1. The van der Waals surface area contributed by atoms with Crippen LogP contribution in [0.3, 0.4) is 0 Å². The number of aromatic nitrogens is 4.